The number of thiazole rings is 1. The Kier molecular flexibility index (Phi) is 4.92. The number of hydrogen-bond donors (Lipinski definition) is 1. The summed E-state index contributed by atoms with van der Waals surface area (Å²) in [6.07, 6.45) is 2.06. The Labute approximate surface area is 136 Å². The molecule has 1 N–H and O–H groups in total. The van der Waals surface area contributed by atoms with Crippen molar-refractivity contribution in [2.45, 2.75) is 37.5 Å². The van der Waals surface area contributed by atoms with Crippen LogP contribution in [0.25, 0.3) is 0 Å². The number of rotatable bonds is 5. The van der Waals surface area contributed by atoms with E-state index < -0.39 is 9.84 Å². The minimum Gasteiger partial charge on any atom is -0.385 e. The van der Waals surface area contributed by atoms with Crippen molar-refractivity contribution in [2.75, 3.05) is 18.1 Å². The molecular formula is C16H22N2O2S2. The molecule has 0 saturated heterocycles. The van der Waals surface area contributed by atoms with E-state index in [4.69, 9.17) is 0 Å². The highest BCUT2D eigenvalue weighted by atomic mass is 32.2. The number of anilines is 1. The molecule has 0 aliphatic carbocycles. The lowest BCUT2D eigenvalue weighted by atomic mass is 9.98. The highest BCUT2D eigenvalue weighted by Gasteiger charge is 2.17. The highest BCUT2D eigenvalue weighted by molar-refractivity contribution is 7.90. The van der Waals surface area contributed by atoms with Gasteiger partial charge in [0.1, 0.15) is 0 Å². The van der Waals surface area contributed by atoms with Gasteiger partial charge in [-0.1, -0.05) is 20.8 Å². The molecule has 0 aliphatic rings. The van der Waals surface area contributed by atoms with Gasteiger partial charge in [-0.2, -0.15) is 0 Å². The summed E-state index contributed by atoms with van der Waals surface area (Å²) in [7, 11) is -3.13. The first-order valence-electron chi connectivity index (χ1n) is 7.15. The lowest BCUT2D eigenvalue weighted by Crippen LogP contribution is -2.11. The molecule has 1 aromatic heterocycles. The van der Waals surface area contributed by atoms with E-state index in [1.54, 1.807) is 35.6 Å². The van der Waals surface area contributed by atoms with Crippen molar-refractivity contribution >= 4 is 26.9 Å². The monoisotopic (exact) mass is 338 g/mol. The van der Waals surface area contributed by atoms with Crippen molar-refractivity contribution in [1.29, 1.82) is 0 Å². The molecule has 1 heterocycles. The lowest BCUT2D eigenvalue weighted by Gasteiger charge is -2.13. The normalized spacial score (nSPS) is 12.4. The van der Waals surface area contributed by atoms with E-state index in [2.05, 4.69) is 36.5 Å². The van der Waals surface area contributed by atoms with Crippen LogP contribution in [0.3, 0.4) is 0 Å². The van der Waals surface area contributed by atoms with Crippen molar-refractivity contribution < 1.29 is 8.42 Å². The van der Waals surface area contributed by atoms with Crippen molar-refractivity contribution in [1.82, 2.24) is 4.98 Å². The van der Waals surface area contributed by atoms with Crippen LogP contribution in [0, 0.1) is 0 Å². The van der Waals surface area contributed by atoms with E-state index in [0.717, 1.165) is 29.4 Å². The molecule has 0 radical (unpaired) electrons. The van der Waals surface area contributed by atoms with Crippen LogP contribution < -0.4 is 5.32 Å². The second-order valence-electron chi connectivity index (χ2n) is 6.37. The van der Waals surface area contributed by atoms with E-state index in [9.17, 15) is 8.42 Å². The van der Waals surface area contributed by atoms with Crippen LogP contribution >= 0.6 is 11.3 Å². The molecule has 2 aromatic rings. The molecule has 0 fully saturated rings. The molecule has 0 bridgehead atoms. The number of nitrogens with zero attached hydrogens (tertiary/aromatic N) is 1. The number of sulfone groups is 1. The SMILES string of the molecule is CC(C)(C)c1nc(CCNc2ccc(S(C)(=O)=O)cc2)cs1. The standard InChI is InChI=1S/C16H22N2O2S2/c1-16(2,3)15-18-13(11-21-15)9-10-17-12-5-7-14(8-6-12)22(4,19)20/h5-8,11,17H,9-10H2,1-4H3. The van der Waals surface area contributed by atoms with Gasteiger partial charge in [-0.15, -0.1) is 11.3 Å². The third-order valence-corrected chi connectivity index (χ3v) is 5.63. The molecule has 0 amide bonds. The number of benzene rings is 1. The summed E-state index contributed by atoms with van der Waals surface area (Å²) >= 11 is 1.70. The van der Waals surface area contributed by atoms with Crippen LogP contribution in [0.4, 0.5) is 5.69 Å². The van der Waals surface area contributed by atoms with Gasteiger partial charge in [0.05, 0.1) is 15.6 Å². The molecule has 0 atom stereocenters. The molecule has 22 heavy (non-hydrogen) atoms. The zero-order valence-corrected chi connectivity index (χ0v) is 15.0. The Hall–Kier alpha value is -1.40. The van der Waals surface area contributed by atoms with Gasteiger partial charge in [0, 0.05) is 35.7 Å². The number of aromatic nitrogens is 1. The van der Waals surface area contributed by atoms with E-state index in [1.807, 2.05) is 0 Å². The molecule has 6 heteroatoms. The molecule has 2 rings (SSSR count). The third kappa shape index (κ3) is 4.55. The molecule has 0 saturated carbocycles. The summed E-state index contributed by atoms with van der Waals surface area (Å²) in [6.45, 7) is 7.26. The molecule has 0 unspecified atom stereocenters. The van der Waals surface area contributed by atoms with Gasteiger partial charge in [-0.25, -0.2) is 13.4 Å². The van der Waals surface area contributed by atoms with Crippen molar-refractivity contribution in [3.63, 3.8) is 0 Å². The maximum atomic E-state index is 11.4. The molecule has 1 aromatic carbocycles. The van der Waals surface area contributed by atoms with Gasteiger partial charge in [0.2, 0.25) is 0 Å². The Morgan fingerprint density at radius 3 is 2.32 bits per heavy atom. The first kappa shape index (κ1) is 17.0. The molecule has 0 aliphatic heterocycles. The molecule has 4 nitrogen and oxygen atoms in total. The summed E-state index contributed by atoms with van der Waals surface area (Å²) in [6, 6.07) is 6.83. The number of hydrogen-bond acceptors (Lipinski definition) is 5. The minimum atomic E-state index is -3.13. The quantitative estimate of drug-likeness (QED) is 0.906. The van der Waals surface area contributed by atoms with Crippen LogP contribution in [-0.2, 0) is 21.7 Å². The molecular weight excluding hydrogens is 316 g/mol. The first-order valence-corrected chi connectivity index (χ1v) is 9.92. The summed E-state index contributed by atoms with van der Waals surface area (Å²) in [4.78, 5) is 5.00. The topological polar surface area (TPSA) is 59.1 Å². The van der Waals surface area contributed by atoms with Gasteiger partial charge in [0.25, 0.3) is 0 Å². The van der Waals surface area contributed by atoms with Crippen molar-refractivity contribution in [2.24, 2.45) is 0 Å². The van der Waals surface area contributed by atoms with Crippen LogP contribution in [0.5, 0.6) is 0 Å². The molecule has 0 spiro atoms. The van der Waals surface area contributed by atoms with Gasteiger partial charge in [-0.05, 0) is 24.3 Å². The predicted octanol–water partition coefficient (Wildman–Crippen LogP) is 3.50. The zero-order valence-electron chi connectivity index (χ0n) is 13.4. The minimum absolute atomic E-state index is 0.0951. The van der Waals surface area contributed by atoms with Crippen molar-refractivity contribution in [3.05, 3.63) is 40.3 Å². The van der Waals surface area contributed by atoms with Crippen molar-refractivity contribution in [3.8, 4) is 0 Å². The maximum absolute atomic E-state index is 11.4. The summed E-state index contributed by atoms with van der Waals surface area (Å²) in [5.41, 5.74) is 2.10. The van der Waals surface area contributed by atoms with Gasteiger partial charge >= 0.3 is 0 Å². The van der Waals surface area contributed by atoms with E-state index >= 15 is 0 Å². The third-order valence-electron chi connectivity index (χ3n) is 3.19. The largest absolute Gasteiger partial charge is 0.385 e. The zero-order chi connectivity index (χ0) is 16.4. The Bertz CT molecular complexity index is 726. The highest BCUT2D eigenvalue weighted by Crippen LogP contribution is 2.25. The fraction of sp³-hybridized carbons (Fsp3) is 0.438. The average Bonchev–Trinajstić information content (AvgIpc) is 2.87. The van der Waals surface area contributed by atoms with Gasteiger partial charge in [-0.3, -0.25) is 0 Å². The van der Waals surface area contributed by atoms with Crippen LogP contribution in [0.1, 0.15) is 31.5 Å². The Morgan fingerprint density at radius 1 is 1.18 bits per heavy atom. The maximum Gasteiger partial charge on any atom is 0.175 e. The second-order valence-corrected chi connectivity index (χ2v) is 9.24. The predicted molar refractivity (Wildman–Crippen MR) is 92.6 cm³/mol. The summed E-state index contributed by atoms with van der Waals surface area (Å²) < 4.78 is 22.8. The van der Waals surface area contributed by atoms with E-state index in [-0.39, 0.29) is 5.41 Å². The fourth-order valence-electron chi connectivity index (χ4n) is 1.92. The summed E-state index contributed by atoms with van der Waals surface area (Å²) in [5, 5.41) is 6.55. The average molecular weight is 338 g/mol. The van der Waals surface area contributed by atoms with Crippen LogP contribution in [0.15, 0.2) is 34.5 Å². The summed E-state index contributed by atoms with van der Waals surface area (Å²) in [5.74, 6) is 0. The Balaban J connectivity index is 1.90. The lowest BCUT2D eigenvalue weighted by molar-refractivity contribution is 0.583. The van der Waals surface area contributed by atoms with Gasteiger partial charge < -0.3 is 5.32 Å². The Morgan fingerprint density at radius 2 is 1.82 bits per heavy atom. The smallest absolute Gasteiger partial charge is 0.175 e. The van der Waals surface area contributed by atoms with Crippen LogP contribution in [-0.4, -0.2) is 26.2 Å². The van der Waals surface area contributed by atoms with E-state index in [0.29, 0.717) is 4.90 Å². The number of nitrogens with one attached hydrogen (secondary N) is 1. The van der Waals surface area contributed by atoms with Gasteiger partial charge in [0.15, 0.2) is 9.84 Å². The second kappa shape index (κ2) is 6.38. The fourth-order valence-corrected chi connectivity index (χ4v) is 3.49. The van der Waals surface area contributed by atoms with Crippen LogP contribution in [0.2, 0.25) is 0 Å². The van der Waals surface area contributed by atoms with E-state index in [1.165, 1.54) is 6.26 Å². The first-order chi connectivity index (χ1) is 10.2. The molecule has 120 valence electrons.